The van der Waals surface area contributed by atoms with Gasteiger partial charge in [0.15, 0.2) is 6.61 Å². The molecule has 7 nitrogen and oxygen atoms in total. The minimum Gasteiger partial charge on any atom is -0.456 e. The van der Waals surface area contributed by atoms with Crippen LogP contribution in [-0.4, -0.2) is 24.4 Å². The van der Waals surface area contributed by atoms with Crippen LogP contribution in [0, 0.1) is 6.92 Å². The van der Waals surface area contributed by atoms with Gasteiger partial charge in [0, 0.05) is 22.8 Å². The molecular weight excluding hydrogens is 479 g/mol. The molecule has 0 aliphatic carbocycles. The predicted octanol–water partition coefficient (Wildman–Crippen LogP) is 5.99. The molecule has 0 heterocycles. The van der Waals surface area contributed by atoms with E-state index in [1.165, 1.54) is 0 Å². The third-order valence-electron chi connectivity index (χ3n) is 4.48. The lowest BCUT2D eigenvalue weighted by atomic mass is 10.2. The Morgan fingerprint density at radius 3 is 2.26 bits per heavy atom. The van der Waals surface area contributed by atoms with Crippen LogP contribution in [0.15, 0.2) is 66.7 Å². The van der Waals surface area contributed by atoms with Gasteiger partial charge in [-0.3, -0.25) is 14.4 Å². The predicted molar refractivity (Wildman–Crippen MR) is 132 cm³/mol. The highest BCUT2D eigenvalue weighted by molar-refractivity contribution is 6.35. The summed E-state index contributed by atoms with van der Waals surface area (Å²) in [5, 5.41) is 6.21. The van der Waals surface area contributed by atoms with Crippen LogP contribution in [-0.2, 0) is 19.1 Å². The van der Waals surface area contributed by atoms with E-state index in [1.54, 1.807) is 54.6 Å². The molecule has 34 heavy (non-hydrogen) atoms. The average Bonchev–Trinajstić information content (AvgIpc) is 2.79. The second-order valence-electron chi connectivity index (χ2n) is 7.33. The number of esters is 1. The Kier molecular flexibility index (Phi) is 8.90. The molecule has 2 amide bonds. The van der Waals surface area contributed by atoms with Gasteiger partial charge in [0.2, 0.25) is 5.91 Å². The van der Waals surface area contributed by atoms with Crippen molar-refractivity contribution >= 4 is 52.4 Å². The van der Waals surface area contributed by atoms with Gasteiger partial charge in [0.25, 0.3) is 5.91 Å². The van der Waals surface area contributed by atoms with Gasteiger partial charge in [0.05, 0.1) is 11.4 Å². The molecule has 0 saturated heterocycles. The summed E-state index contributed by atoms with van der Waals surface area (Å²) in [5.41, 5.74) is 2.15. The van der Waals surface area contributed by atoms with Gasteiger partial charge in [-0.15, -0.1) is 0 Å². The van der Waals surface area contributed by atoms with Gasteiger partial charge in [-0.1, -0.05) is 35.3 Å². The number of amides is 2. The maximum absolute atomic E-state index is 12.1. The zero-order valence-electron chi connectivity index (χ0n) is 18.3. The van der Waals surface area contributed by atoms with E-state index in [0.717, 1.165) is 5.56 Å². The number of carbonyl (C=O) groups excluding carboxylic acids is 3. The van der Waals surface area contributed by atoms with E-state index >= 15 is 0 Å². The highest BCUT2D eigenvalue weighted by Gasteiger charge is 2.11. The second-order valence-corrected chi connectivity index (χ2v) is 8.17. The van der Waals surface area contributed by atoms with E-state index < -0.39 is 18.5 Å². The number of ether oxygens (including phenoxy) is 2. The Morgan fingerprint density at radius 1 is 0.824 bits per heavy atom. The molecule has 0 bridgehead atoms. The standard InChI is InChI=1S/C25H22Cl2N2O5/c1-16-3-2-4-19(13-16)29-24(31)15-33-25(32)12-11-23(30)28-18-6-8-20(9-7-18)34-22-10-5-17(26)14-21(22)27/h2-10,13-14H,11-12,15H2,1H3,(H,28,30)(H,29,31). The van der Waals surface area contributed by atoms with Crippen molar-refractivity contribution in [2.75, 3.05) is 17.2 Å². The first-order valence-corrected chi connectivity index (χ1v) is 11.1. The molecular formula is C25H22Cl2N2O5. The smallest absolute Gasteiger partial charge is 0.306 e. The van der Waals surface area contributed by atoms with Gasteiger partial charge < -0.3 is 20.1 Å². The number of anilines is 2. The monoisotopic (exact) mass is 500 g/mol. The van der Waals surface area contributed by atoms with Gasteiger partial charge in [-0.2, -0.15) is 0 Å². The highest BCUT2D eigenvalue weighted by atomic mass is 35.5. The first kappa shape index (κ1) is 25.1. The van der Waals surface area contributed by atoms with Crippen LogP contribution >= 0.6 is 23.2 Å². The Morgan fingerprint density at radius 2 is 1.56 bits per heavy atom. The summed E-state index contributed by atoms with van der Waals surface area (Å²) < 4.78 is 10.6. The van der Waals surface area contributed by atoms with Crippen LogP contribution in [0.25, 0.3) is 0 Å². The van der Waals surface area contributed by atoms with E-state index in [9.17, 15) is 14.4 Å². The molecule has 0 atom stereocenters. The van der Waals surface area contributed by atoms with E-state index in [1.807, 2.05) is 19.1 Å². The lowest BCUT2D eigenvalue weighted by molar-refractivity contribution is -0.147. The second kappa shape index (κ2) is 12.1. The molecule has 0 aliphatic heterocycles. The van der Waals surface area contributed by atoms with Crippen LogP contribution in [0.2, 0.25) is 10.0 Å². The van der Waals surface area contributed by atoms with Crippen LogP contribution in [0.4, 0.5) is 11.4 Å². The molecule has 0 saturated carbocycles. The van der Waals surface area contributed by atoms with E-state index in [0.29, 0.717) is 32.9 Å². The molecule has 176 valence electrons. The third-order valence-corrected chi connectivity index (χ3v) is 5.01. The molecule has 2 N–H and O–H groups in total. The normalized spacial score (nSPS) is 10.3. The number of hydrogen-bond acceptors (Lipinski definition) is 5. The summed E-state index contributed by atoms with van der Waals surface area (Å²) in [6.07, 6.45) is -0.239. The van der Waals surface area contributed by atoms with Crippen molar-refractivity contribution < 1.29 is 23.9 Å². The fourth-order valence-corrected chi connectivity index (χ4v) is 3.32. The third kappa shape index (κ3) is 8.10. The van der Waals surface area contributed by atoms with E-state index in [4.69, 9.17) is 32.7 Å². The molecule has 9 heteroatoms. The van der Waals surface area contributed by atoms with Crippen molar-refractivity contribution in [1.29, 1.82) is 0 Å². The van der Waals surface area contributed by atoms with Gasteiger partial charge >= 0.3 is 5.97 Å². The first-order chi connectivity index (χ1) is 16.3. The van der Waals surface area contributed by atoms with Crippen molar-refractivity contribution in [2.45, 2.75) is 19.8 Å². The van der Waals surface area contributed by atoms with Crippen molar-refractivity contribution in [2.24, 2.45) is 0 Å². The summed E-state index contributed by atoms with van der Waals surface area (Å²) in [5.74, 6) is -0.483. The number of hydrogen-bond donors (Lipinski definition) is 2. The zero-order valence-corrected chi connectivity index (χ0v) is 19.8. The van der Waals surface area contributed by atoms with Crippen molar-refractivity contribution in [3.8, 4) is 11.5 Å². The van der Waals surface area contributed by atoms with Crippen LogP contribution in [0.5, 0.6) is 11.5 Å². The minimum absolute atomic E-state index is 0.0863. The fraction of sp³-hybridized carbons (Fsp3) is 0.160. The largest absolute Gasteiger partial charge is 0.456 e. The molecule has 0 aromatic heterocycles. The topological polar surface area (TPSA) is 93.7 Å². The van der Waals surface area contributed by atoms with Crippen LogP contribution < -0.4 is 15.4 Å². The first-order valence-electron chi connectivity index (χ1n) is 10.3. The molecule has 0 spiro atoms. The summed E-state index contributed by atoms with van der Waals surface area (Å²) in [4.78, 5) is 35.9. The Hall–Kier alpha value is -3.55. The fourth-order valence-electron chi connectivity index (χ4n) is 2.87. The van der Waals surface area contributed by atoms with Gasteiger partial charge in [0.1, 0.15) is 11.5 Å². The van der Waals surface area contributed by atoms with Crippen LogP contribution in [0.3, 0.4) is 0 Å². The SMILES string of the molecule is Cc1cccc(NC(=O)COC(=O)CCC(=O)Nc2ccc(Oc3ccc(Cl)cc3Cl)cc2)c1. The number of halogens is 2. The zero-order chi connectivity index (χ0) is 24.5. The average molecular weight is 501 g/mol. The summed E-state index contributed by atoms with van der Waals surface area (Å²) >= 11 is 12.0. The summed E-state index contributed by atoms with van der Waals surface area (Å²) in [6.45, 7) is 1.48. The lowest BCUT2D eigenvalue weighted by Crippen LogP contribution is -2.21. The Bertz CT molecular complexity index is 1180. The number of aryl methyl sites for hydroxylation is 1. The van der Waals surface area contributed by atoms with Crippen molar-refractivity contribution in [3.05, 3.63) is 82.3 Å². The lowest BCUT2D eigenvalue weighted by Gasteiger charge is -2.10. The summed E-state index contributed by atoms with van der Waals surface area (Å²) in [7, 11) is 0. The molecule has 0 radical (unpaired) electrons. The number of nitrogens with one attached hydrogen (secondary N) is 2. The Balaban J connectivity index is 1.38. The van der Waals surface area contributed by atoms with Crippen molar-refractivity contribution in [3.63, 3.8) is 0 Å². The van der Waals surface area contributed by atoms with Crippen molar-refractivity contribution in [1.82, 2.24) is 0 Å². The molecule has 3 aromatic carbocycles. The van der Waals surface area contributed by atoms with E-state index in [2.05, 4.69) is 10.6 Å². The number of carbonyl (C=O) groups is 3. The van der Waals surface area contributed by atoms with Gasteiger partial charge in [-0.05, 0) is 67.1 Å². The Labute approximate surface area is 207 Å². The van der Waals surface area contributed by atoms with E-state index in [-0.39, 0.29) is 18.7 Å². The maximum atomic E-state index is 12.1. The quantitative estimate of drug-likeness (QED) is 0.351. The number of benzene rings is 3. The molecule has 0 unspecified atom stereocenters. The molecule has 3 rings (SSSR count). The highest BCUT2D eigenvalue weighted by Crippen LogP contribution is 2.31. The molecule has 3 aromatic rings. The maximum Gasteiger partial charge on any atom is 0.306 e. The minimum atomic E-state index is -0.641. The molecule has 0 aliphatic rings. The molecule has 0 fully saturated rings. The van der Waals surface area contributed by atoms with Crippen LogP contribution in [0.1, 0.15) is 18.4 Å². The van der Waals surface area contributed by atoms with Gasteiger partial charge in [-0.25, -0.2) is 0 Å². The number of rotatable bonds is 9. The summed E-state index contributed by atoms with van der Waals surface area (Å²) in [6, 6.07) is 18.8.